The zero-order valence-electron chi connectivity index (χ0n) is 16.1. The number of aryl methyl sites for hydroxylation is 1. The van der Waals surface area contributed by atoms with Crippen LogP contribution in [0.25, 0.3) is 11.0 Å². The number of nitrogens with one attached hydrogen (secondary N) is 1. The van der Waals surface area contributed by atoms with Crippen molar-refractivity contribution in [3.8, 4) is 0 Å². The van der Waals surface area contributed by atoms with Crippen LogP contribution in [-0.4, -0.2) is 33.4 Å². The molecule has 1 amide bonds. The molecule has 3 aromatic rings. The molecule has 2 aromatic carbocycles. The number of nitrogens with zero attached hydrogens (tertiary/aromatic N) is 3. The van der Waals surface area contributed by atoms with Crippen LogP contribution in [0.15, 0.2) is 48.5 Å². The van der Waals surface area contributed by atoms with Crippen LogP contribution < -0.4 is 5.32 Å². The van der Waals surface area contributed by atoms with Gasteiger partial charge in [0, 0.05) is 18.2 Å². The average molecular weight is 380 g/mol. The molecule has 1 aromatic heterocycles. The molecular weight excluding hydrogens is 355 g/mol. The lowest BCUT2D eigenvalue weighted by atomic mass is 9.96. The molecule has 0 bridgehead atoms. The van der Waals surface area contributed by atoms with E-state index < -0.39 is 0 Å². The van der Waals surface area contributed by atoms with Crippen LogP contribution >= 0.6 is 0 Å². The molecule has 4 rings (SSSR count). The van der Waals surface area contributed by atoms with Gasteiger partial charge in [0.15, 0.2) is 0 Å². The normalized spacial score (nSPS) is 15.8. The van der Waals surface area contributed by atoms with E-state index >= 15 is 0 Å². The molecule has 1 aliphatic heterocycles. The van der Waals surface area contributed by atoms with Gasteiger partial charge in [-0.3, -0.25) is 9.69 Å². The van der Waals surface area contributed by atoms with Gasteiger partial charge >= 0.3 is 0 Å². The third kappa shape index (κ3) is 3.92. The van der Waals surface area contributed by atoms with Gasteiger partial charge in [0.1, 0.15) is 11.6 Å². The highest BCUT2D eigenvalue weighted by molar-refractivity contribution is 5.92. The number of para-hydroxylation sites is 2. The fourth-order valence-electron chi connectivity index (χ4n) is 3.93. The molecule has 1 fully saturated rings. The summed E-state index contributed by atoms with van der Waals surface area (Å²) in [5.74, 6) is 0.792. The van der Waals surface area contributed by atoms with Crippen molar-refractivity contribution in [2.75, 3.05) is 18.4 Å². The Hall–Kier alpha value is -2.73. The fraction of sp³-hybridized carbons (Fsp3) is 0.364. The summed E-state index contributed by atoms with van der Waals surface area (Å²) in [7, 11) is 0. The van der Waals surface area contributed by atoms with E-state index in [9.17, 15) is 9.18 Å². The summed E-state index contributed by atoms with van der Waals surface area (Å²) in [5.41, 5.74) is 2.85. The van der Waals surface area contributed by atoms with Crippen molar-refractivity contribution in [3.05, 3.63) is 60.2 Å². The van der Waals surface area contributed by atoms with Gasteiger partial charge in [-0.25, -0.2) is 9.37 Å². The van der Waals surface area contributed by atoms with E-state index in [1.807, 2.05) is 12.1 Å². The molecule has 1 saturated heterocycles. The van der Waals surface area contributed by atoms with Crippen molar-refractivity contribution < 1.29 is 9.18 Å². The summed E-state index contributed by atoms with van der Waals surface area (Å²) in [4.78, 5) is 19.7. The van der Waals surface area contributed by atoms with Gasteiger partial charge in [-0.2, -0.15) is 0 Å². The Morgan fingerprint density at radius 3 is 2.57 bits per heavy atom. The lowest BCUT2D eigenvalue weighted by molar-refractivity contribution is -0.121. The summed E-state index contributed by atoms with van der Waals surface area (Å²) in [6.07, 6.45) is 1.64. The number of anilines is 1. The first kappa shape index (κ1) is 18.6. The molecule has 2 heterocycles. The SMILES string of the molecule is CCn1c(CN2CCC(C(=O)Nc3ccc(F)cc3)CC2)nc2ccccc21. The number of aromatic nitrogens is 2. The second-order valence-corrected chi connectivity index (χ2v) is 7.31. The minimum Gasteiger partial charge on any atom is -0.327 e. The Balaban J connectivity index is 1.35. The largest absolute Gasteiger partial charge is 0.327 e. The predicted molar refractivity (Wildman–Crippen MR) is 108 cm³/mol. The van der Waals surface area contributed by atoms with Gasteiger partial charge in [-0.15, -0.1) is 0 Å². The van der Waals surface area contributed by atoms with E-state index in [1.165, 1.54) is 17.6 Å². The maximum atomic E-state index is 13.0. The Bertz CT molecular complexity index is 958. The number of carbonyl (C=O) groups is 1. The molecule has 28 heavy (non-hydrogen) atoms. The van der Waals surface area contributed by atoms with E-state index in [1.54, 1.807) is 12.1 Å². The van der Waals surface area contributed by atoms with Crippen molar-refractivity contribution in [2.45, 2.75) is 32.9 Å². The Morgan fingerprint density at radius 2 is 1.86 bits per heavy atom. The van der Waals surface area contributed by atoms with Gasteiger partial charge in [0.25, 0.3) is 0 Å². The lowest BCUT2D eigenvalue weighted by Crippen LogP contribution is -2.38. The monoisotopic (exact) mass is 380 g/mol. The number of rotatable bonds is 5. The molecule has 6 heteroatoms. The molecule has 1 aliphatic rings. The molecule has 0 unspecified atom stereocenters. The number of benzene rings is 2. The summed E-state index contributed by atoms with van der Waals surface area (Å²) in [5, 5.41) is 2.90. The number of imidazole rings is 1. The van der Waals surface area contributed by atoms with Gasteiger partial charge in [-0.1, -0.05) is 12.1 Å². The number of hydrogen-bond acceptors (Lipinski definition) is 3. The van der Waals surface area contributed by atoms with Crippen LogP contribution in [-0.2, 0) is 17.9 Å². The van der Waals surface area contributed by atoms with Crippen LogP contribution in [0.1, 0.15) is 25.6 Å². The summed E-state index contributed by atoms with van der Waals surface area (Å²) in [6.45, 7) is 5.58. The van der Waals surface area contributed by atoms with Crippen molar-refractivity contribution in [1.82, 2.24) is 14.5 Å². The van der Waals surface area contributed by atoms with E-state index in [0.717, 1.165) is 50.4 Å². The van der Waals surface area contributed by atoms with Gasteiger partial charge in [-0.05, 0) is 69.3 Å². The highest BCUT2D eigenvalue weighted by Gasteiger charge is 2.26. The van der Waals surface area contributed by atoms with Crippen LogP contribution in [0.2, 0.25) is 0 Å². The molecular formula is C22H25FN4O. The second-order valence-electron chi connectivity index (χ2n) is 7.31. The molecule has 0 radical (unpaired) electrons. The lowest BCUT2D eigenvalue weighted by Gasteiger charge is -2.31. The van der Waals surface area contributed by atoms with E-state index in [-0.39, 0.29) is 17.6 Å². The Kier molecular flexibility index (Phi) is 5.39. The van der Waals surface area contributed by atoms with Crippen LogP contribution in [0.5, 0.6) is 0 Å². The van der Waals surface area contributed by atoms with Crippen LogP contribution in [0, 0.1) is 11.7 Å². The third-order valence-electron chi connectivity index (χ3n) is 5.48. The van der Waals surface area contributed by atoms with E-state index in [0.29, 0.717) is 5.69 Å². The first-order valence-corrected chi connectivity index (χ1v) is 9.87. The number of amides is 1. The van der Waals surface area contributed by atoms with Gasteiger partial charge in [0.05, 0.1) is 17.6 Å². The van der Waals surface area contributed by atoms with E-state index in [4.69, 9.17) is 4.98 Å². The average Bonchev–Trinajstić information content (AvgIpc) is 3.07. The number of carbonyl (C=O) groups excluding carboxylic acids is 1. The summed E-state index contributed by atoms with van der Waals surface area (Å²) < 4.78 is 15.3. The molecule has 0 atom stereocenters. The standard InChI is InChI=1S/C22H25FN4O/c1-2-27-20-6-4-3-5-19(20)25-21(27)15-26-13-11-16(12-14-26)22(28)24-18-9-7-17(23)8-10-18/h3-10,16H,2,11-15H2,1H3,(H,24,28). The first-order valence-electron chi connectivity index (χ1n) is 9.87. The zero-order valence-corrected chi connectivity index (χ0v) is 16.1. The smallest absolute Gasteiger partial charge is 0.227 e. The zero-order chi connectivity index (χ0) is 19.5. The van der Waals surface area contributed by atoms with Crippen molar-refractivity contribution in [2.24, 2.45) is 5.92 Å². The van der Waals surface area contributed by atoms with Crippen LogP contribution in [0.4, 0.5) is 10.1 Å². The van der Waals surface area contributed by atoms with Gasteiger partial charge < -0.3 is 9.88 Å². The number of halogens is 1. The minimum atomic E-state index is -0.301. The molecule has 0 saturated carbocycles. The van der Waals surface area contributed by atoms with Gasteiger partial charge in [0.2, 0.25) is 5.91 Å². The summed E-state index contributed by atoms with van der Waals surface area (Å²) >= 11 is 0. The molecule has 1 N–H and O–H groups in total. The number of piperidine rings is 1. The predicted octanol–water partition coefficient (Wildman–Crippen LogP) is 4.05. The number of hydrogen-bond donors (Lipinski definition) is 1. The first-order chi connectivity index (χ1) is 13.6. The Morgan fingerprint density at radius 1 is 1.14 bits per heavy atom. The highest BCUT2D eigenvalue weighted by Crippen LogP contribution is 2.23. The molecule has 0 aliphatic carbocycles. The number of likely N-dealkylation sites (tertiary alicyclic amines) is 1. The highest BCUT2D eigenvalue weighted by atomic mass is 19.1. The fourth-order valence-corrected chi connectivity index (χ4v) is 3.93. The second kappa shape index (κ2) is 8.10. The Labute approximate surface area is 164 Å². The maximum absolute atomic E-state index is 13.0. The molecule has 5 nitrogen and oxygen atoms in total. The quantitative estimate of drug-likeness (QED) is 0.727. The number of fused-ring (bicyclic) bond motifs is 1. The molecule has 146 valence electrons. The van der Waals surface area contributed by atoms with Crippen molar-refractivity contribution >= 4 is 22.6 Å². The molecule has 0 spiro atoms. The van der Waals surface area contributed by atoms with Crippen LogP contribution in [0.3, 0.4) is 0 Å². The third-order valence-corrected chi connectivity index (χ3v) is 5.48. The minimum absolute atomic E-state index is 0.00806. The van der Waals surface area contributed by atoms with Crippen molar-refractivity contribution in [3.63, 3.8) is 0 Å². The maximum Gasteiger partial charge on any atom is 0.227 e. The van der Waals surface area contributed by atoms with E-state index in [2.05, 4.69) is 33.8 Å². The topological polar surface area (TPSA) is 50.2 Å². The summed E-state index contributed by atoms with van der Waals surface area (Å²) in [6, 6.07) is 14.1. The van der Waals surface area contributed by atoms with Crippen molar-refractivity contribution in [1.29, 1.82) is 0 Å².